The van der Waals surface area contributed by atoms with E-state index in [0.29, 0.717) is 18.0 Å². The van der Waals surface area contributed by atoms with Gasteiger partial charge >= 0.3 is 0 Å². The van der Waals surface area contributed by atoms with Gasteiger partial charge in [-0.2, -0.15) is 5.26 Å². The van der Waals surface area contributed by atoms with Crippen molar-refractivity contribution >= 4 is 11.6 Å². The highest BCUT2D eigenvalue weighted by Crippen LogP contribution is 2.49. The maximum atomic E-state index is 10.4. The highest BCUT2D eigenvalue weighted by molar-refractivity contribution is 6.31. The van der Waals surface area contributed by atoms with E-state index in [1.807, 2.05) is 18.2 Å². The molecule has 0 aliphatic heterocycles. The van der Waals surface area contributed by atoms with Crippen molar-refractivity contribution in [3.05, 3.63) is 70.7 Å². The van der Waals surface area contributed by atoms with Crippen molar-refractivity contribution in [2.24, 2.45) is 5.92 Å². The van der Waals surface area contributed by atoms with E-state index >= 15 is 0 Å². The van der Waals surface area contributed by atoms with E-state index in [0.717, 1.165) is 49.2 Å². The Balaban J connectivity index is 1.73. The van der Waals surface area contributed by atoms with Gasteiger partial charge in [0.15, 0.2) is 0 Å². The van der Waals surface area contributed by atoms with Gasteiger partial charge in [0.05, 0.1) is 11.5 Å². The first-order chi connectivity index (χ1) is 14.5. The Morgan fingerprint density at radius 1 is 1.07 bits per heavy atom. The normalized spacial score (nSPS) is 17.4. The summed E-state index contributed by atoms with van der Waals surface area (Å²) in [4.78, 5) is 2.59. The molecule has 2 aromatic rings. The molecule has 1 fully saturated rings. The maximum absolute atomic E-state index is 10.4. The summed E-state index contributed by atoms with van der Waals surface area (Å²) in [6, 6.07) is 22.4. The Labute approximate surface area is 187 Å². The van der Waals surface area contributed by atoms with Crippen LogP contribution < -0.4 is 0 Å². The average molecular weight is 423 g/mol. The molecule has 0 amide bonds. The van der Waals surface area contributed by atoms with Crippen LogP contribution in [-0.2, 0) is 11.8 Å². The second-order valence-corrected chi connectivity index (χ2v) is 9.55. The molecule has 1 aliphatic rings. The first-order valence-electron chi connectivity index (χ1n) is 11.4. The summed E-state index contributed by atoms with van der Waals surface area (Å²) in [5, 5.41) is 11.1. The number of nitrogens with zero attached hydrogens (tertiary/aromatic N) is 2. The van der Waals surface area contributed by atoms with Gasteiger partial charge in [-0.1, -0.05) is 66.6 Å². The Morgan fingerprint density at radius 2 is 1.73 bits per heavy atom. The molecule has 2 atom stereocenters. The molecule has 0 heterocycles. The zero-order chi connectivity index (χ0) is 21.6. The zero-order valence-electron chi connectivity index (χ0n) is 18.7. The van der Waals surface area contributed by atoms with E-state index in [4.69, 9.17) is 11.6 Å². The third-order valence-corrected chi connectivity index (χ3v) is 7.37. The first kappa shape index (κ1) is 22.9. The molecule has 2 unspecified atom stereocenters. The van der Waals surface area contributed by atoms with E-state index in [9.17, 15) is 5.26 Å². The van der Waals surface area contributed by atoms with E-state index < -0.39 is 5.41 Å². The molecule has 0 spiro atoms. The van der Waals surface area contributed by atoms with Crippen LogP contribution >= 0.6 is 11.6 Å². The molecule has 0 aromatic heterocycles. The predicted octanol–water partition coefficient (Wildman–Crippen LogP) is 7.02. The number of nitriles is 1. The van der Waals surface area contributed by atoms with Gasteiger partial charge in [-0.25, -0.2) is 0 Å². The van der Waals surface area contributed by atoms with Crippen LogP contribution in [0.2, 0.25) is 5.02 Å². The van der Waals surface area contributed by atoms with Crippen molar-refractivity contribution in [2.75, 3.05) is 6.54 Å². The maximum Gasteiger partial charge on any atom is 0.0865 e. The Kier molecular flexibility index (Phi) is 7.98. The molecule has 0 radical (unpaired) electrons. The third-order valence-electron chi connectivity index (χ3n) is 7.04. The van der Waals surface area contributed by atoms with Gasteiger partial charge in [0.25, 0.3) is 0 Å². The minimum Gasteiger partial charge on any atom is -0.298 e. The highest BCUT2D eigenvalue weighted by atomic mass is 35.5. The van der Waals surface area contributed by atoms with Crippen LogP contribution in [-0.4, -0.2) is 23.5 Å². The molecule has 1 saturated carbocycles. The first-order valence-corrected chi connectivity index (χ1v) is 11.8. The summed E-state index contributed by atoms with van der Waals surface area (Å²) in [6.07, 6.45) is 6.42. The molecule has 2 aromatic carbocycles. The van der Waals surface area contributed by atoms with Gasteiger partial charge in [-0.3, -0.25) is 4.90 Å². The van der Waals surface area contributed by atoms with Crippen LogP contribution in [0.5, 0.6) is 0 Å². The minimum atomic E-state index is -0.465. The topological polar surface area (TPSA) is 27.0 Å². The van der Waals surface area contributed by atoms with Crippen LogP contribution in [0, 0.1) is 17.2 Å². The van der Waals surface area contributed by atoms with E-state index in [1.54, 1.807) is 0 Å². The average Bonchev–Trinajstić information content (AvgIpc) is 2.71. The van der Waals surface area contributed by atoms with Crippen LogP contribution in [0.3, 0.4) is 0 Å². The number of hydrogen-bond donors (Lipinski definition) is 0. The summed E-state index contributed by atoms with van der Waals surface area (Å²) >= 11 is 6.60. The molecular weight excluding hydrogens is 388 g/mol. The standard InChI is InChI=1S/C27H35ClN2/c1-21(2)30(19-17-23-10-5-4-6-11-23)22(3)16-18-27(20-29,24-12-9-13-24)25-14-7-8-15-26(25)28/h4-8,10-11,14-15,21-22,24H,9,12-13,16-19H2,1-3H3. The lowest BCUT2D eigenvalue weighted by atomic mass is 9.60. The largest absolute Gasteiger partial charge is 0.298 e. The fourth-order valence-electron chi connectivity index (χ4n) is 4.98. The molecule has 30 heavy (non-hydrogen) atoms. The zero-order valence-corrected chi connectivity index (χ0v) is 19.4. The number of halogens is 1. The summed E-state index contributed by atoms with van der Waals surface area (Å²) in [5.41, 5.74) is 1.95. The fraction of sp³-hybridized carbons (Fsp3) is 0.519. The Hall–Kier alpha value is -1.82. The number of hydrogen-bond acceptors (Lipinski definition) is 2. The lowest BCUT2D eigenvalue weighted by molar-refractivity contribution is 0.134. The molecule has 160 valence electrons. The van der Waals surface area contributed by atoms with E-state index in [1.165, 1.54) is 12.0 Å². The van der Waals surface area contributed by atoms with Crippen molar-refractivity contribution in [2.45, 2.75) is 76.8 Å². The molecule has 3 rings (SSSR count). The van der Waals surface area contributed by atoms with Crippen molar-refractivity contribution in [1.82, 2.24) is 4.90 Å². The summed E-state index contributed by atoms with van der Waals surface area (Å²) in [7, 11) is 0. The molecule has 3 heteroatoms. The van der Waals surface area contributed by atoms with Gasteiger partial charge in [0.1, 0.15) is 0 Å². The number of rotatable bonds is 10. The van der Waals surface area contributed by atoms with Crippen molar-refractivity contribution < 1.29 is 0 Å². The minimum absolute atomic E-state index is 0.420. The Bertz CT molecular complexity index is 837. The summed E-state index contributed by atoms with van der Waals surface area (Å²) in [6.45, 7) is 7.91. The number of benzene rings is 2. The molecule has 0 N–H and O–H groups in total. The van der Waals surface area contributed by atoms with Crippen LogP contribution in [0.25, 0.3) is 0 Å². The highest BCUT2D eigenvalue weighted by Gasteiger charge is 2.44. The SMILES string of the molecule is CC(C)N(CCc1ccccc1)C(C)CCC(C#N)(c1ccccc1Cl)C1CCC1. The molecule has 0 saturated heterocycles. The molecule has 1 aliphatic carbocycles. The quantitative estimate of drug-likeness (QED) is 0.411. The lowest BCUT2D eigenvalue weighted by Gasteiger charge is -2.43. The van der Waals surface area contributed by atoms with Crippen molar-refractivity contribution in [1.29, 1.82) is 5.26 Å². The van der Waals surface area contributed by atoms with E-state index in [-0.39, 0.29) is 0 Å². The molecule has 0 bridgehead atoms. The monoisotopic (exact) mass is 422 g/mol. The molecular formula is C27H35ClN2. The lowest BCUT2D eigenvalue weighted by Crippen LogP contribution is -2.43. The van der Waals surface area contributed by atoms with Crippen molar-refractivity contribution in [3.8, 4) is 6.07 Å². The Morgan fingerprint density at radius 3 is 2.30 bits per heavy atom. The van der Waals surface area contributed by atoms with Crippen molar-refractivity contribution in [3.63, 3.8) is 0 Å². The van der Waals surface area contributed by atoms with Crippen LogP contribution in [0.4, 0.5) is 0 Å². The summed E-state index contributed by atoms with van der Waals surface area (Å²) < 4.78 is 0. The second-order valence-electron chi connectivity index (χ2n) is 9.15. The molecule has 2 nitrogen and oxygen atoms in total. The van der Waals surface area contributed by atoms with Gasteiger partial charge < -0.3 is 0 Å². The summed E-state index contributed by atoms with van der Waals surface area (Å²) in [5.74, 6) is 0.423. The van der Waals surface area contributed by atoms with Gasteiger partial charge in [-0.15, -0.1) is 0 Å². The predicted molar refractivity (Wildman–Crippen MR) is 127 cm³/mol. The second kappa shape index (κ2) is 10.5. The van der Waals surface area contributed by atoms with Gasteiger partial charge in [0, 0.05) is 23.7 Å². The van der Waals surface area contributed by atoms with Gasteiger partial charge in [-0.05, 0) is 76.0 Å². The fourth-order valence-corrected chi connectivity index (χ4v) is 5.29. The van der Waals surface area contributed by atoms with E-state index in [2.05, 4.69) is 68.1 Å². The van der Waals surface area contributed by atoms with Gasteiger partial charge in [0.2, 0.25) is 0 Å². The van der Waals surface area contributed by atoms with Crippen LogP contribution in [0.1, 0.15) is 64.0 Å². The van der Waals surface area contributed by atoms with Crippen LogP contribution in [0.15, 0.2) is 54.6 Å². The third kappa shape index (κ3) is 5.08. The smallest absolute Gasteiger partial charge is 0.0865 e.